The van der Waals surface area contributed by atoms with E-state index in [4.69, 9.17) is 32.7 Å². The van der Waals surface area contributed by atoms with E-state index in [0.717, 1.165) is 0 Å². The van der Waals surface area contributed by atoms with Crippen LogP contribution in [0, 0.1) is 18.3 Å². The highest BCUT2D eigenvalue weighted by Crippen LogP contribution is 2.36. The molecule has 2 rings (SSSR count). The van der Waals surface area contributed by atoms with Gasteiger partial charge in [0.25, 0.3) is 5.91 Å². The summed E-state index contributed by atoms with van der Waals surface area (Å²) in [4.78, 5) is 12.4. The molecule has 0 unspecified atom stereocenters. The summed E-state index contributed by atoms with van der Waals surface area (Å²) in [6, 6.07) is 10.2. The van der Waals surface area contributed by atoms with E-state index in [1.807, 2.05) is 6.07 Å². The predicted octanol–water partition coefficient (Wildman–Crippen LogP) is 4.78. The summed E-state index contributed by atoms with van der Waals surface area (Å²) in [6.07, 6.45) is 1.28. The van der Waals surface area contributed by atoms with Crippen LogP contribution in [0.2, 0.25) is 10.0 Å². The number of carbonyl (C=O) groups excluding carboxylic acids is 1. The van der Waals surface area contributed by atoms with Gasteiger partial charge >= 0.3 is 0 Å². The Morgan fingerprint density at radius 2 is 1.81 bits per heavy atom. The second-order valence-corrected chi connectivity index (χ2v) is 6.18. The highest BCUT2D eigenvalue weighted by Gasteiger charge is 2.13. The first-order chi connectivity index (χ1) is 12.9. The van der Waals surface area contributed by atoms with Crippen molar-refractivity contribution < 1.29 is 14.3 Å². The molecular formula is C19H17Cl2N3O3. The van der Waals surface area contributed by atoms with E-state index >= 15 is 0 Å². The minimum absolute atomic E-state index is 0.134. The number of hydrogen-bond acceptors (Lipinski definition) is 5. The number of carbonyl (C=O) groups is 1. The Kier molecular flexibility index (Phi) is 6.94. The molecule has 0 aliphatic heterocycles. The highest BCUT2D eigenvalue weighted by atomic mass is 35.5. The van der Waals surface area contributed by atoms with Crippen molar-refractivity contribution >= 4 is 40.5 Å². The summed E-state index contributed by atoms with van der Waals surface area (Å²) in [5.41, 5.74) is 1.59. The Hall–Kier alpha value is -2.88. The van der Waals surface area contributed by atoms with E-state index in [0.29, 0.717) is 38.5 Å². The maximum atomic E-state index is 12.4. The quantitative estimate of drug-likeness (QED) is 0.533. The first kappa shape index (κ1) is 20.4. The zero-order valence-electron chi connectivity index (χ0n) is 14.9. The van der Waals surface area contributed by atoms with E-state index in [-0.39, 0.29) is 5.57 Å². The summed E-state index contributed by atoms with van der Waals surface area (Å²) in [5.74, 6) is 0.279. The van der Waals surface area contributed by atoms with Crippen LogP contribution in [0.25, 0.3) is 0 Å². The smallest absolute Gasteiger partial charge is 0.267 e. The highest BCUT2D eigenvalue weighted by molar-refractivity contribution is 6.32. The lowest BCUT2D eigenvalue weighted by molar-refractivity contribution is -0.112. The third-order valence-corrected chi connectivity index (χ3v) is 4.43. The van der Waals surface area contributed by atoms with Crippen molar-refractivity contribution in [2.45, 2.75) is 6.92 Å². The third kappa shape index (κ3) is 4.85. The zero-order chi connectivity index (χ0) is 20.0. The van der Waals surface area contributed by atoms with Gasteiger partial charge in [-0.05, 0) is 24.6 Å². The van der Waals surface area contributed by atoms with Crippen LogP contribution in [0.1, 0.15) is 5.56 Å². The molecule has 0 aliphatic carbocycles. The Morgan fingerprint density at radius 3 is 2.44 bits per heavy atom. The molecule has 0 atom stereocenters. The number of nitrogens with zero attached hydrogens (tertiary/aromatic N) is 1. The lowest BCUT2D eigenvalue weighted by Gasteiger charge is -2.12. The van der Waals surface area contributed by atoms with Crippen molar-refractivity contribution in [3.63, 3.8) is 0 Å². The molecule has 0 fully saturated rings. The standard InChI is InChI=1S/C19H17Cl2N3O3/c1-11-13(20)5-4-6-15(11)24-19(25)12(9-22)10-23-16-8-17(26-2)14(21)7-18(16)27-3/h4-8,10,23H,1-3H3,(H,24,25)/b12-10-. The number of ether oxygens (including phenoxy) is 2. The van der Waals surface area contributed by atoms with E-state index in [9.17, 15) is 10.1 Å². The van der Waals surface area contributed by atoms with E-state index in [2.05, 4.69) is 10.6 Å². The molecule has 2 aromatic rings. The molecule has 8 heteroatoms. The minimum Gasteiger partial charge on any atom is -0.495 e. The Labute approximate surface area is 167 Å². The molecule has 2 N–H and O–H groups in total. The number of nitrogens with one attached hydrogen (secondary N) is 2. The van der Waals surface area contributed by atoms with Crippen LogP contribution in [-0.2, 0) is 4.79 Å². The lowest BCUT2D eigenvalue weighted by Crippen LogP contribution is -2.15. The average molecular weight is 406 g/mol. The second kappa shape index (κ2) is 9.17. The normalized spacial score (nSPS) is 10.7. The fourth-order valence-corrected chi connectivity index (χ4v) is 2.61. The summed E-state index contributed by atoms with van der Waals surface area (Å²) in [6.45, 7) is 1.77. The molecule has 140 valence electrons. The van der Waals surface area contributed by atoms with Crippen molar-refractivity contribution in [2.24, 2.45) is 0 Å². The number of methoxy groups -OCH3 is 2. The van der Waals surface area contributed by atoms with Crippen molar-refractivity contribution in [1.29, 1.82) is 5.26 Å². The monoisotopic (exact) mass is 405 g/mol. The maximum Gasteiger partial charge on any atom is 0.267 e. The first-order valence-corrected chi connectivity index (χ1v) is 8.51. The number of rotatable bonds is 6. The van der Waals surface area contributed by atoms with Gasteiger partial charge in [0.15, 0.2) is 0 Å². The number of nitriles is 1. The van der Waals surface area contributed by atoms with Gasteiger partial charge in [0.05, 0.1) is 24.9 Å². The first-order valence-electron chi connectivity index (χ1n) is 7.76. The molecule has 0 heterocycles. The van der Waals surface area contributed by atoms with Crippen LogP contribution in [0.15, 0.2) is 42.1 Å². The Balaban J connectivity index is 2.25. The van der Waals surface area contributed by atoms with Crippen LogP contribution in [-0.4, -0.2) is 20.1 Å². The average Bonchev–Trinajstić information content (AvgIpc) is 2.66. The van der Waals surface area contributed by atoms with Gasteiger partial charge in [-0.1, -0.05) is 29.3 Å². The number of benzene rings is 2. The molecule has 0 radical (unpaired) electrons. The number of halogens is 2. The van der Waals surface area contributed by atoms with Crippen LogP contribution < -0.4 is 20.1 Å². The van der Waals surface area contributed by atoms with Gasteiger partial charge in [0.1, 0.15) is 23.1 Å². The van der Waals surface area contributed by atoms with Gasteiger partial charge < -0.3 is 20.1 Å². The van der Waals surface area contributed by atoms with Crippen LogP contribution >= 0.6 is 23.2 Å². The summed E-state index contributed by atoms with van der Waals surface area (Å²) >= 11 is 12.1. The van der Waals surface area contributed by atoms with Crippen LogP contribution in [0.3, 0.4) is 0 Å². The fraction of sp³-hybridized carbons (Fsp3) is 0.158. The summed E-state index contributed by atoms with van der Waals surface area (Å²) in [5, 5.41) is 15.8. The number of hydrogen-bond donors (Lipinski definition) is 2. The van der Waals surface area contributed by atoms with Crippen molar-refractivity contribution in [1.82, 2.24) is 0 Å². The molecule has 0 aliphatic rings. The second-order valence-electron chi connectivity index (χ2n) is 5.37. The van der Waals surface area contributed by atoms with Crippen LogP contribution in [0.4, 0.5) is 11.4 Å². The molecule has 27 heavy (non-hydrogen) atoms. The molecule has 0 bridgehead atoms. The number of amides is 1. The minimum atomic E-state index is -0.574. The van der Waals surface area contributed by atoms with Gasteiger partial charge in [0, 0.05) is 29.0 Å². The Bertz CT molecular complexity index is 937. The molecule has 0 saturated carbocycles. The van der Waals surface area contributed by atoms with Gasteiger partial charge in [-0.15, -0.1) is 0 Å². The number of anilines is 2. The zero-order valence-corrected chi connectivity index (χ0v) is 16.4. The largest absolute Gasteiger partial charge is 0.495 e. The van der Waals surface area contributed by atoms with Gasteiger partial charge in [-0.3, -0.25) is 4.79 Å². The third-order valence-electron chi connectivity index (χ3n) is 3.73. The summed E-state index contributed by atoms with van der Waals surface area (Å²) in [7, 11) is 2.96. The molecule has 0 spiro atoms. The SMILES string of the molecule is COc1cc(N/C=C(/C#N)C(=O)Nc2cccc(Cl)c2C)c(OC)cc1Cl. The van der Waals surface area contributed by atoms with E-state index < -0.39 is 5.91 Å². The van der Waals surface area contributed by atoms with Crippen LogP contribution in [0.5, 0.6) is 11.5 Å². The molecular weight excluding hydrogens is 389 g/mol. The molecule has 1 amide bonds. The van der Waals surface area contributed by atoms with Crippen molar-refractivity contribution in [2.75, 3.05) is 24.9 Å². The van der Waals surface area contributed by atoms with Crippen molar-refractivity contribution in [3.8, 4) is 17.6 Å². The maximum absolute atomic E-state index is 12.4. The van der Waals surface area contributed by atoms with E-state index in [1.54, 1.807) is 37.3 Å². The molecule has 6 nitrogen and oxygen atoms in total. The van der Waals surface area contributed by atoms with Gasteiger partial charge in [-0.25, -0.2) is 0 Å². The fourth-order valence-electron chi connectivity index (χ4n) is 2.20. The Morgan fingerprint density at radius 1 is 1.11 bits per heavy atom. The van der Waals surface area contributed by atoms with Gasteiger partial charge in [-0.2, -0.15) is 5.26 Å². The lowest BCUT2D eigenvalue weighted by atomic mass is 10.2. The molecule has 2 aromatic carbocycles. The predicted molar refractivity (Wildman–Crippen MR) is 107 cm³/mol. The topological polar surface area (TPSA) is 83.4 Å². The summed E-state index contributed by atoms with van der Waals surface area (Å²) < 4.78 is 10.4. The molecule has 0 saturated heterocycles. The van der Waals surface area contributed by atoms with E-state index in [1.165, 1.54) is 20.4 Å². The van der Waals surface area contributed by atoms with Gasteiger partial charge in [0.2, 0.25) is 0 Å². The van der Waals surface area contributed by atoms with Crippen molar-refractivity contribution in [3.05, 3.63) is 57.7 Å². The molecule has 0 aromatic heterocycles.